The van der Waals surface area contributed by atoms with Crippen molar-refractivity contribution in [3.63, 3.8) is 0 Å². The average Bonchev–Trinajstić information content (AvgIpc) is 1.66. The number of rotatable bonds is 4. The molecule has 1 radical (unpaired) electrons. The van der Waals surface area contributed by atoms with Crippen molar-refractivity contribution in [2.24, 2.45) is 0 Å². The zero-order chi connectivity index (χ0) is 6.41. The van der Waals surface area contributed by atoms with Crippen LogP contribution in [0.5, 0.6) is 0 Å². The minimum absolute atomic E-state index is 0.119. The first-order valence-electron chi connectivity index (χ1n) is 3.60. The van der Waals surface area contributed by atoms with Gasteiger partial charge in [-0.05, 0) is 0 Å². The third-order valence-corrected chi connectivity index (χ3v) is 6.71. The maximum Gasteiger partial charge on any atom is 0.0188 e. The molecule has 0 saturated heterocycles. The van der Waals surface area contributed by atoms with Crippen molar-refractivity contribution < 1.29 is 0 Å². The summed E-state index contributed by atoms with van der Waals surface area (Å²) in [5.41, 5.74) is 0. The Hall–Kier alpha value is 0.434. The van der Waals surface area contributed by atoms with Crippen LogP contribution < -0.4 is 0 Å². The molecule has 49 valence electrons. The van der Waals surface area contributed by atoms with E-state index in [0.717, 1.165) is 9.04 Å². The van der Waals surface area contributed by atoms with E-state index >= 15 is 0 Å². The molecule has 0 aromatic rings. The summed E-state index contributed by atoms with van der Waals surface area (Å²) in [4.78, 5) is 0. The van der Waals surface area contributed by atoms with Crippen molar-refractivity contribution in [2.75, 3.05) is 0 Å². The summed E-state index contributed by atoms with van der Waals surface area (Å²) in [7, 11) is 0.785. The molecule has 0 N–H and O–H groups in total. The third-order valence-electron chi connectivity index (χ3n) is 1.20. The lowest BCUT2D eigenvalue weighted by Crippen LogP contribution is -2.11. The van der Waals surface area contributed by atoms with Gasteiger partial charge in [0.2, 0.25) is 0 Å². The first-order chi connectivity index (χ1) is 3.77. The third kappa shape index (κ3) is 6.43. The molecule has 0 aromatic heterocycles. The molecule has 0 fully saturated rings. The maximum absolute atomic E-state index is 2.46. The monoisotopic (exact) mass is 145 g/mol. The van der Waals surface area contributed by atoms with Gasteiger partial charge < -0.3 is 0 Å². The Labute approximate surface area is 56.9 Å². The van der Waals surface area contributed by atoms with E-state index in [1.807, 2.05) is 0 Å². The van der Waals surface area contributed by atoms with Crippen molar-refractivity contribution in [2.45, 2.75) is 38.9 Å². The molecule has 0 aliphatic rings. The minimum Gasteiger partial charge on any atom is -0.0745 e. The quantitative estimate of drug-likeness (QED) is 0.417. The van der Waals surface area contributed by atoms with Gasteiger partial charge in [0.15, 0.2) is 0 Å². The summed E-state index contributed by atoms with van der Waals surface area (Å²) < 4.78 is 0. The second kappa shape index (κ2) is 5.57. The van der Waals surface area contributed by atoms with Gasteiger partial charge in [0.05, 0.1) is 0 Å². The molecule has 0 aliphatic carbocycles. The largest absolute Gasteiger partial charge is 0.0745 e. The molecular formula is C6H17Si2. The summed E-state index contributed by atoms with van der Waals surface area (Å²) >= 11 is 0. The first-order valence-corrected chi connectivity index (χ1v) is 9.40. The van der Waals surface area contributed by atoms with Crippen LogP contribution in [-0.4, -0.2) is 17.4 Å². The van der Waals surface area contributed by atoms with Gasteiger partial charge >= 0.3 is 0 Å². The van der Waals surface area contributed by atoms with Gasteiger partial charge in [0.25, 0.3) is 0 Å². The molecule has 0 aromatic carbocycles. The molecule has 0 saturated carbocycles. The van der Waals surface area contributed by atoms with Crippen LogP contribution in [0.15, 0.2) is 0 Å². The molecule has 8 heavy (non-hydrogen) atoms. The second-order valence-corrected chi connectivity index (χ2v) is 11.6. The lowest BCUT2D eigenvalue weighted by atomic mass is 10.4. The number of unbranched alkanes of at least 4 members (excludes halogenated alkanes) is 1. The maximum atomic E-state index is 2.46. The van der Waals surface area contributed by atoms with Crippen molar-refractivity contribution in [3.05, 3.63) is 0 Å². The molecule has 0 aliphatic heterocycles. The highest BCUT2D eigenvalue weighted by Gasteiger charge is 1.93. The lowest BCUT2D eigenvalue weighted by molar-refractivity contribution is 0.882. The molecule has 0 spiro atoms. The topological polar surface area (TPSA) is 0 Å². The van der Waals surface area contributed by atoms with E-state index in [9.17, 15) is 0 Å². The predicted molar refractivity (Wildman–Crippen MR) is 45.7 cm³/mol. The van der Waals surface area contributed by atoms with Crippen molar-refractivity contribution in [3.8, 4) is 0 Å². The van der Waals surface area contributed by atoms with Gasteiger partial charge in [-0.2, -0.15) is 0 Å². The Bertz CT molecular complexity index is 43.8. The van der Waals surface area contributed by atoms with Crippen LogP contribution >= 0.6 is 0 Å². The summed E-state index contributed by atoms with van der Waals surface area (Å²) in [6.45, 7) is 7.21. The smallest absolute Gasteiger partial charge is 0.0188 e. The Balaban J connectivity index is 2.72. The van der Waals surface area contributed by atoms with Gasteiger partial charge in [-0.3, -0.25) is 0 Å². The van der Waals surface area contributed by atoms with E-state index in [1.165, 1.54) is 12.8 Å². The predicted octanol–water partition coefficient (Wildman–Crippen LogP) is 1.62. The zero-order valence-corrected chi connectivity index (χ0v) is 8.59. The molecule has 0 nitrogen and oxygen atoms in total. The summed E-state index contributed by atoms with van der Waals surface area (Å²) in [6, 6.07) is 1.57. The van der Waals surface area contributed by atoms with E-state index < -0.39 is 0 Å². The highest BCUT2D eigenvalue weighted by Crippen LogP contribution is 1.94. The molecular weight excluding hydrogens is 128 g/mol. The van der Waals surface area contributed by atoms with Crippen LogP contribution in [0.3, 0.4) is 0 Å². The van der Waals surface area contributed by atoms with Gasteiger partial charge in [-0.15, -0.1) is 0 Å². The van der Waals surface area contributed by atoms with E-state index in [1.54, 1.807) is 6.04 Å². The second-order valence-electron chi connectivity index (χ2n) is 2.62. The van der Waals surface area contributed by atoms with Crippen molar-refractivity contribution in [1.82, 2.24) is 0 Å². The van der Waals surface area contributed by atoms with Crippen LogP contribution in [0, 0.1) is 0 Å². The molecule has 0 bridgehead atoms. The normalized spacial score (nSPS) is 10.5. The van der Waals surface area contributed by atoms with Crippen molar-refractivity contribution in [1.29, 1.82) is 0 Å². The summed E-state index contributed by atoms with van der Waals surface area (Å²) in [5, 5.41) is 0. The highest BCUT2D eigenvalue weighted by atomic mass is 29.2. The first kappa shape index (κ1) is 8.43. The Morgan fingerprint density at radius 2 is 2.00 bits per heavy atom. The number of hydrogen-bond donors (Lipinski definition) is 0. The van der Waals surface area contributed by atoms with E-state index in [-0.39, 0.29) is 8.31 Å². The zero-order valence-electron chi connectivity index (χ0n) is 6.28. The SMILES string of the molecule is CCCC[SiH][SiH](C)C. The van der Waals surface area contributed by atoms with Crippen LogP contribution in [0.1, 0.15) is 19.8 Å². The number of hydrogen-bond acceptors (Lipinski definition) is 0. The fourth-order valence-electron chi connectivity index (χ4n) is 0.655. The van der Waals surface area contributed by atoms with E-state index in [2.05, 4.69) is 20.0 Å². The van der Waals surface area contributed by atoms with Gasteiger partial charge in [0, 0.05) is 17.4 Å². The van der Waals surface area contributed by atoms with Crippen LogP contribution in [0.2, 0.25) is 19.1 Å². The average molecular weight is 145 g/mol. The molecule has 0 rings (SSSR count). The van der Waals surface area contributed by atoms with Gasteiger partial charge in [-0.1, -0.05) is 38.9 Å². The standard InChI is InChI=1S/C6H17Si2/c1-4-5-6-7-8(2)3/h7-8H,4-6H2,1-3H3. The Morgan fingerprint density at radius 1 is 1.38 bits per heavy atom. The van der Waals surface area contributed by atoms with Crippen LogP contribution in [0.25, 0.3) is 0 Å². The summed E-state index contributed by atoms with van der Waals surface area (Å²) in [6.07, 6.45) is 2.88. The molecule has 0 amide bonds. The molecule has 0 atom stereocenters. The highest BCUT2D eigenvalue weighted by molar-refractivity contribution is 7.11. The molecule has 0 unspecified atom stereocenters. The molecule has 2 heteroatoms. The minimum atomic E-state index is -0.119. The summed E-state index contributed by atoms with van der Waals surface area (Å²) in [5.74, 6) is 0. The van der Waals surface area contributed by atoms with Crippen LogP contribution in [0.4, 0.5) is 0 Å². The van der Waals surface area contributed by atoms with E-state index in [4.69, 9.17) is 0 Å². The van der Waals surface area contributed by atoms with Gasteiger partial charge in [0.1, 0.15) is 0 Å². The molecule has 0 heterocycles. The fourth-order valence-corrected chi connectivity index (χ4v) is 4.67. The Kier molecular flexibility index (Phi) is 5.87. The van der Waals surface area contributed by atoms with E-state index in [0.29, 0.717) is 0 Å². The Morgan fingerprint density at radius 3 is 2.38 bits per heavy atom. The van der Waals surface area contributed by atoms with Gasteiger partial charge in [-0.25, -0.2) is 0 Å². The lowest BCUT2D eigenvalue weighted by Gasteiger charge is -1.97. The fraction of sp³-hybridized carbons (Fsp3) is 1.00. The van der Waals surface area contributed by atoms with Crippen molar-refractivity contribution >= 4 is 17.4 Å². The van der Waals surface area contributed by atoms with Crippen LogP contribution in [-0.2, 0) is 0 Å².